The zero-order valence-corrected chi connectivity index (χ0v) is 22.5. The maximum absolute atomic E-state index is 13.1. The van der Waals surface area contributed by atoms with Crippen LogP contribution in [0.3, 0.4) is 0 Å². The zero-order chi connectivity index (χ0) is 26.2. The Morgan fingerprint density at radius 2 is 1.81 bits per heavy atom. The fourth-order valence-corrected chi connectivity index (χ4v) is 9.42. The monoisotopic (exact) mass is 587 g/mol. The Labute approximate surface area is 226 Å². The Kier molecular flexibility index (Phi) is 6.17. The first-order chi connectivity index (χ1) is 17.4. The lowest BCUT2D eigenvalue weighted by atomic mass is 9.79. The van der Waals surface area contributed by atoms with Crippen LogP contribution in [0.25, 0.3) is 21.0 Å². The molecule has 6 rings (SSSR count). The summed E-state index contributed by atoms with van der Waals surface area (Å²) in [5.74, 6) is -0.141. The van der Waals surface area contributed by atoms with Crippen molar-refractivity contribution in [1.29, 1.82) is 0 Å². The van der Waals surface area contributed by atoms with Crippen LogP contribution in [0.15, 0.2) is 42.6 Å². The number of benzene rings is 2. The molecule has 1 aliphatic heterocycles. The average Bonchev–Trinajstić information content (AvgIpc) is 3.42. The van der Waals surface area contributed by atoms with Crippen LogP contribution in [0.1, 0.15) is 24.0 Å². The highest BCUT2D eigenvalue weighted by molar-refractivity contribution is 7.87. The molecular weight excluding hydrogens is 566 g/mol. The molecule has 3 aromatic rings. The summed E-state index contributed by atoms with van der Waals surface area (Å²) in [6.07, 6.45) is -0.0363. The topological polar surface area (TPSA) is 62.3 Å². The van der Waals surface area contributed by atoms with Crippen molar-refractivity contribution in [2.24, 2.45) is 11.8 Å². The Bertz CT molecular complexity index is 1490. The molecule has 196 valence electrons. The second-order valence-electron chi connectivity index (χ2n) is 10.0. The van der Waals surface area contributed by atoms with Crippen molar-refractivity contribution in [3.63, 3.8) is 0 Å². The van der Waals surface area contributed by atoms with Gasteiger partial charge < -0.3 is 0 Å². The molecule has 2 aliphatic carbocycles. The second kappa shape index (κ2) is 8.93. The molecule has 1 saturated heterocycles. The number of nitrogens with zero attached hydrogens (tertiary/aromatic N) is 2. The maximum atomic E-state index is 13.1. The van der Waals surface area contributed by atoms with Gasteiger partial charge in [0, 0.05) is 28.9 Å². The first-order valence-electron chi connectivity index (χ1n) is 11.8. The fraction of sp³-hybridized carbons (Fsp3) is 0.400. The van der Waals surface area contributed by atoms with Gasteiger partial charge in [-0.2, -0.15) is 30.6 Å². The molecule has 3 aliphatic rings. The lowest BCUT2D eigenvalue weighted by Gasteiger charge is -2.33. The summed E-state index contributed by atoms with van der Waals surface area (Å²) >= 11 is 13.9. The predicted molar refractivity (Wildman–Crippen MR) is 139 cm³/mol. The highest BCUT2D eigenvalue weighted by atomic mass is 35.5. The van der Waals surface area contributed by atoms with Crippen molar-refractivity contribution in [1.82, 2.24) is 14.0 Å². The number of hydrogen-bond acceptors (Lipinski definition) is 4. The van der Waals surface area contributed by atoms with E-state index in [2.05, 4.69) is 15.8 Å². The van der Waals surface area contributed by atoms with Crippen LogP contribution in [-0.4, -0.2) is 42.5 Å². The molecule has 0 radical (unpaired) electrons. The number of thiazole rings is 1. The molecule has 2 heterocycles. The van der Waals surface area contributed by atoms with Gasteiger partial charge in [-0.25, -0.2) is 4.98 Å². The van der Waals surface area contributed by atoms with Crippen LogP contribution >= 0.6 is 34.5 Å². The van der Waals surface area contributed by atoms with E-state index < -0.39 is 28.5 Å². The molecule has 1 aromatic heterocycles. The van der Waals surface area contributed by atoms with E-state index in [4.69, 9.17) is 23.2 Å². The van der Waals surface area contributed by atoms with E-state index >= 15 is 0 Å². The van der Waals surface area contributed by atoms with Crippen molar-refractivity contribution in [2.75, 3.05) is 13.1 Å². The number of rotatable bonds is 3. The van der Waals surface area contributed by atoms with Gasteiger partial charge in [-0.1, -0.05) is 41.4 Å². The van der Waals surface area contributed by atoms with Crippen molar-refractivity contribution >= 4 is 44.7 Å². The van der Waals surface area contributed by atoms with Crippen LogP contribution in [-0.2, 0) is 23.1 Å². The lowest BCUT2D eigenvalue weighted by molar-refractivity contribution is -0.136. The van der Waals surface area contributed by atoms with Gasteiger partial charge in [0.1, 0.15) is 11.6 Å². The normalized spacial score (nSPS) is 26.9. The first-order valence-corrected chi connectivity index (χ1v) is 14.8. The minimum absolute atomic E-state index is 0.0591. The third-order valence-corrected chi connectivity index (χ3v) is 11.1. The minimum Gasteiger partial charge on any atom is -0.244 e. The minimum atomic E-state index is -4.59. The van der Waals surface area contributed by atoms with Gasteiger partial charge in [0.05, 0.1) is 15.4 Å². The average molecular weight is 589 g/mol. The highest BCUT2D eigenvalue weighted by Crippen LogP contribution is 2.51. The van der Waals surface area contributed by atoms with Crippen molar-refractivity contribution in [2.45, 2.75) is 37.4 Å². The van der Waals surface area contributed by atoms with E-state index in [9.17, 15) is 21.6 Å². The van der Waals surface area contributed by atoms with Crippen molar-refractivity contribution in [3.8, 4) is 21.0 Å². The summed E-state index contributed by atoms with van der Waals surface area (Å²) in [6, 6.07) is 11.5. The van der Waals surface area contributed by atoms with Crippen LogP contribution in [0.2, 0.25) is 10.0 Å². The molecule has 1 N–H and O–H groups in total. The van der Waals surface area contributed by atoms with Gasteiger partial charge in [0.15, 0.2) is 0 Å². The molecule has 12 heteroatoms. The molecule has 2 fully saturated rings. The van der Waals surface area contributed by atoms with E-state index in [-0.39, 0.29) is 18.4 Å². The van der Waals surface area contributed by atoms with Crippen LogP contribution < -0.4 is 4.72 Å². The van der Waals surface area contributed by atoms with Gasteiger partial charge in [0.2, 0.25) is 0 Å². The summed E-state index contributed by atoms with van der Waals surface area (Å²) in [5.41, 5.74) is 3.11. The fourth-order valence-electron chi connectivity index (χ4n) is 6.20. The van der Waals surface area contributed by atoms with Gasteiger partial charge in [0.25, 0.3) is 10.2 Å². The number of hydrogen-bond donors (Lipinski definition) is 1. The lowest BCUT2D eigenvalue weighted by Crippen LogP contribution is -2.52. The predicted octanol–water partition coefficient (Wildman–Crippen LogP) is 6.36. The largest absolute Gasteiger partial charge is 0.402 e. The van der Waals surface area contributed by atoms with Crippen molar-refractivity contribution < 1.29 is 21.6 Å². The number of fused-ring (bicyclic) bond motifs is 1. The second-order valence-corrected chi connectivity index (χ2v) is 13.6. The van der Waals surface area contributed by atoms with Crippen LogP contribution in [0, 0.1) is 11.8 Å². The third-order valence-electron chi connectivity index (χ3n) is 7.86. The molecule has 37 heavy (non-hydrogen) atoms. The summed E-state index contributed by atoms with van der Waals surface area (Å²) in [5, 5.41) is 1.93. The molecular formula is C25H22Cl2F3N3O2S2. The van der Waals surface area contributed by atoms with E-state index in [1.807, 2.05) is 18.2 Å². The van der Waals surface area contributed by atoms with Gasteiger partial charge in [-0.15, -0.1) is 11.3 Å². The number of halogens is 5. The molecule has 1 saturated carbocycles. The number of nitrogens with one attached hydrogen (secondary N) is 1. The molecule has 3 atom stereocenters. The number of alkyl halides is 3. The summed E-state index contributed by atoms with van der Waals surface area (Å²) < 4.78 is 68.0. The van der Waals surface area contributed by atoms with E-state index in [0.717, 1.165) is 45.0 Å². The summed E-state index contributed by atoms with van der Waals surface area (Å²) in [6.45, 7) is -1.62. The van der Waals surface area contributed by atoms with Gasteiger partial charge in [-0.05, 0) is 66.8 Å². The third kappa shape index (κ3) is 4.59. The highest BCUT2D eigenvalue weighted by Gasteiger charge is 2.60. The van der Waals surface area contributed by atoms with E-state index in [0.29, 0.717) is 27.2 Å². The molecule has 0 amide bonds. The Morgan fingerprint density at radius 3 is 2.51 bits per heavy atom. The van der Waals surface area contributed by atoms with Gasteiger partial charge >= 0.3 is 6.18 Å². The first kappa shape index (κ1) is 25.6. The van der Waals surface area contributed by atoms with Gasteiger partial charge in [-0.3, -0.25) is 0 Å². The molecule has 2 bridgehead atoms. The molecule has 2 aromatic carbocycles. The van der Waals surface area contributed by atoms with E-state index in [1.54, 1.807) is 18.3 Å². The number of aromatic nitrogens is 1. The smallest absolute Gasteiger partial charge is 0.244 e. The molecule has 0 unspecified atom stereocenters. The Hall–Kier alpha value is -1.69. The zero-order valence-electron chi connectivity index (χ0n) is 19.4. The summed E-state index contributed by atoms with van der Waals surface area (Å²) in [7, 11) is -4.20. The Morgan fingerprint density at radius 1 is 1.08 bits per heavy atom. The molecule has 1 spiro atoms. The van der Waals surface area contributed by atoms with Crippen molar-refractivity contribution in [3.05, 3.63) is 63.8 Å². The maximum Gasteiger partial charge on any atom is 0.402 e. The summed E-state index contributed by atoms with van der Waals surface area (Å²) in [4.78, 5) is 5.51. The van der Waals surface area contributed by atoms with Crippen LogP contribution in [0.5, 0.6) is 0 Å². The molecule has 5 nitrogen and oxygen atoms in total. The Balaban J connectivity index is 1.29. The standard InChI is InChI=1S/C25H22Cl2F3N3O2S2/c26-19-5-6-20(21(27)10-19)22-11-31-23(36-22)15-2-1-14-8-17-3-4-18(9-16(14)7-15)24(17)12-33(13-25(28,29)30)37(34,35)32-24/h1-2,5-7,10-11,17-18,32H,3-4,8-9,12-13H2/t17-,18+,24-/m1/s1. The SMILES string of the molecule is O=S1(=O)N[C@]2(CN1CC(F)(F)F)[C@@H]1CC[C@H]2Cc2cc(-c3ncc(-c4ccc(Cl)cc4Cl)s3)ccc2C1. The quantitative estimate of drug-likeness (QED) is 0.388. The van der Waals surface area contributed by atoms with E-state index in [1.165, 1.54) is 11.3 Å². The van der Waals surface area contributed by atoms with Crippen LogP contribution in [0.4, 0.5) is 13.2 Å².